The van der Waals surface area contributed by atoms with Gasteiger partial charge >= 0.3 is 6.03 Å². The average molecular weight is 558 g/mol. The number of carbonyl (C=O) groups is 2. The van der Waals surface area contributed by atoms with Crippen LogP contribution in [0.4, 0.5) is 10.5 Å². The third-order valence-corrected chi connectivity index (χ3v) is 6.74. The first-order valence-corrected chi connectivity index (χ1v) is 13.0. The van der Waals surface area contributed by atoms with Gasteiger partial charge in [0.25, 0.3) is 0 Å². The van der Waals surface area contributed by atoms with Crippen LogP contribution in [0.15, 0.2) is 42.5 Å². The number of benzene rings is 2. The van der Waals surface area contributed by atoms with Crippen molar-refractivity contribution in [3.63, 3.8) is 0 Å². The first kappa shape index (κ1) is 27.6. The predicted molar refractivity (Wildman–Crippen MR) is 146 cm³/mol. The highest BCUT2D eigenvalue weighted by Gasteiger charge is 2.19. The maximum Gasteiger partial charge on any atom is 0.321 e. The van der Waals surface area contributed by atoms with Gasteiger partial charge in [0, 0.05) is 48.0 Å². The lowest BCUT2D eigenvalue weighted by Gasteiger charge is -2.22. The van der Waals surface area contributed by atoms with Gasteiger partial charge in [-0.15, -0.1) is 0 Å². The summed E-state index contributed by atoms with van der Waals surface area (Å²) < 4.78 is 0. The van der Waals surface area contributed by atoms with Crippen molar-refractivity contribution in [2.75, 3.05) is 44.6 Å². The molecular weight excluding hydrogens is 530 g/mol. The second-order valence-electron chi connectivity index (χ2n) is 8.28. The Balaban J connectivity index is 1.32. The summed E-state index contributed by atoms with van der Waals surface area (Å²) in [6.07, 6.45) is 5.94. The summed E-state index contributed by atoms with van der Waals surface area (Å²) in [5.41, 5.74) is 1.40. The molecule has 0 aromatic heterocycles. The van der Waals surface area contributed by atoms with Crippen molar-refractivity contribution in [2.24, 2.45) is 0 Å². The molecule has 0 bridgehead atoms. The number of halogens is 4. The fraction of sp³-hybridized carbons (Fsp3) is 0.360. The molecule has 0 spiro atoms. The van der Waals surface area contributed by atoms with E-state index in [1.165, 1.54) is 6.08 Å². The molecule has 3 amide bonds. The summed E-state index contributed by atoms with van der Waals surface area (Å²) in [6, 6.07) is 10.0. The first-order valence-electron chi connectivity index (χ1n) is 11.5. The van der Waals surface area contributed by atoms with E-state index in [-0.39, 0.29) is 11.9 Å². The molecule has 6 nitrogen and oxygen atoms in total. The van der Waals surface area contributed by atoms with Crippen molar-refractivity contribution >= 4 is 70.1 Å². The van der Waals surface area contributed by atoms with E-state index >= 15 is 0 Å². The van der Waals surface area contributed by atoms with Crippen molar-refractivity contribution in [3.05, 3.63) is 68.1 Å². The quantitative estimate of drug-likeness (QED) is 0.289. The standard InChI is InChI=1S/C25H28Cl4N4O2/c26-19-15-20(27)17-21(16-19)31-25(35)33-11-3-10-32(12-13-33)9-2-1-8-30-24(34)7-5-18-4-6-22(28)23(29)14-18/h4-7,14-17H,1-3,8-13H2,(H,30,34)(H,31,35)/b7-5+. The number of hydrogen-bond acceptors (Lipinski definition) is 3. The second-order valence-corrected chi connectivity index (χ2v) is 9.96. The van der Waals surface area contributed by atoms with E-state index in [4.69, 9.17) is 46.4 Å². The van der Waals surface area contributed by atoms with E-state index < -0.39 is 0 Å². The molecule has 2 N–H and O–H groups in total. The molecule has 1 heterocycles. The smallest absolute Gasteiger partial charge is 0.321 e. The molecule has 1 saturated heterocycles. The van der Waals surface area contributed by atoms with E-state index in [0.717, 1.165) is 44.5 Å². The van der Waals surface area contributed by atoms with Gasteiger partial charge in [-0.05, 0) is 74.3 Å². The first-order chi connectivity index (χ1) is 16.8. The highest BCUT2D eigenvalue weighted by atomic mass is 35.5. The maximum absolute atomic E-state index is 12.6. The van der Waals surface area contributed by atoms with Gasteiger partial charge in [-0.2, -0.15) is 0 Å². The summed E-state index contributed by atoms with van der Waals surface area (Å²) in [7, 11) is 0. The zero-order valence-corrected chi connectivity index (χ0v) is 22.2. The molecular formula is C25H28Cl4N4O2. The van der Waals surface area contributed by atoms with Crippen molar-refractivity contribution in [1.82, 2.24) is 15.1 Å². The summed E-state index contributed by atoms with van der Waals surface area (Å²) in [6.45, 7) is 4.62. The van der Waals surface area contributed by atoms with Crippen molar-refractivity contribution in [3.8, 4) is 0 Å². The lowest BCUT2D eigenvalue weighted by molar-refractivity contribution is -0.116. The third kappa shape index (κ3) is 9.54. The van der Waals surface area contributed by atoms with Crippen LogP contribution in [-0.2, 0) is 4.79 Å². The molecule has 0 radical (unpaired) electrons. The largest absolute Gasteiger partial charge is 0.353 e. The lowest BCUT2D eigenvalue weighted by atomic mass is 10.2. The number of nitrogens with zero attached hydrogens (tertiary/aromatic N) is 2. The van der Waals surface area contributed by atoms with Crippen LogP contribution in [0.3, 0.4) is 0 Å². The number of amides is 3. The fourth-order valence-electron chi connectivity index (χ4n) is 3.75. The minimum absolute atomic E-state index is 0.145. The van der Waals surface area contributed by atoms with Crippen LogP contribution in [0.5, 0.6) is 0 Å². The van der Waals surface area contributed by atoms with Crippen LogP contribution in [-0.4, -0.2) is 61.0 Å². The number of anilines is 1. The van der Waals surface area contributed by atoms with E-state index in [9.17, 15) is 9.59 Å². The fourth-order valence-corrected chi connectivity index (χ4v) is 4.58. The molecule has 1 fully saturated rings. The predicted octanol–water partition coefficient (Wildman–Crippen LogP) is 6.45. The third-order valence-electron chi connectivity index (χ3n) is 5.56. The number of rotatable bonds is 8. The molecule has 188 valence electrons. The minimum Gasteiger partial charge on any atom is -0.353 e. The zero-order chi connectivity index (χ0) is 25.2. The summed E-state index contributed by atoms with van der Waals surface area (Å²) in [4.78, 5) is 28.8. The molecule has 0 unspecified atom stereocenters. The van der Waals surface area contributed by atoms with Crippen molar-refractivity contribution in [1.29, 1.82) is 0 Å². The Morgan fingerprint density at radius 1 is 0.886 bits per heavy atom. The number of carbonyl (C=O) groups excluding carboxylic acids is 2. The molecule has 0 aliphatic carbocycles. The normalized spacial score (nSPS) is 14.7. The van der Waals surface area contributed by atoms with Crippen LogP contribution in [0.25, 0.3) is 6.08 Å². The lowest BCUT2D eigenvalue weighted by Crippen LogP contribution is -2.38. The Bertz CT molecular complexity index is 1040. The van der Waals surface area contributed by atoms with Gasteiger partial charge in [0.05, 0.1) is 10.0 Å². The summed E-state index contributed by atoms with van der Waals surface area (Å²) in [5.74, 6) is -0.145. The minimum atomic E-state index is -0.151. The molecule has 10 heteroatoms. The van der Waals surface area contributed by atoms with E-state index in [2.05, 4.69) is 15.5 Å². The highest BCUT2D eigenvalue weighted by Crippen LogP contribution is 2.24. The van der Waals surface area contributed by atoms with E-state index in [0.29, 0.717) is 45.4 Å². The van der Waals surface area contributed by atoms with Crippen molar-refractivity contribution in [2.45, 2.75) is 19.3 Å². The molecule has 1 aliphatic rings. The summed E-state index contributed by atoms with van der Waals surface area (Å²) >= 11 is 23.9. The van der Waals surface area contributed by atoms with Crippen LogP contribution in [0.1, 0.15) is 24.8 Å². The maximum atomic E-state index is 12.6. The van der Waals surface area contributed by atoms with Crippen LogP contribution >= 0.6 is 46.4 Å². The summed E-state index contributed by atoms with van der Waals surface area (Å²) in [5, 5.41) is 7.67. The Morgan fingerprint density at radius 2 is 1.66 bits per heavy atom. The van der Waals surface area contributed by atoms with Gasteiger partial charge in [-0.3, -0.25) is 4.79 Å². The molecule has 35 heavy (non-hydrogen) atoms. The molecule has 3 rings (SSSR count). The Hall–Kier alpha value is -1.96. The zero-order valence-electron chi connectivity index (χ0n) is 19.2. The Kier molecular flexibility index (Phi) is 11.0. The van der Waals surface area contributed by atoms with Gasteiger partial charge in [-0.25, -0.2) is 4.79 Å². The number of urea groups is 1. The van der Waals surface area contributed by atoms with Crippen LogP contribution in [0.2, 0.25) is 20.1 Å². The van der Waals surface area contributed by atoms with Gasteiger partial charge in [0.15, 0.2) is 0 Å². The highest BCUT2D eigenvalue weighted by molar-refractivity contribution is 6.42. The molecule has 2 aromatic carbocycles. The topological polar surface area (TPSA) is 64.7 Å². The number of nitrogens with one attached hydrogen (secondary N) is 2. The van der Waals surface area contributed by atoms with E-state index in [1.807, 2.05) is 4.90 Å². The van der Waals surface area contributed by atoms with Crippen molar-refractivity contribution < 1.29 is 9.59 Å². The second kappa shape index (κ2) is 14.0. The average Bonchev–Trinajstić information content (AvgIpc) is 3.05. The van der Waals surface area contributed by atoms with Gasteiger partial charge in [-0.1, -0.05) is 52.5 Å². The molecule has 2 aromatic rings. The van der Waals surface area contributed by atoms with Gasteiger partial charge < -0.3 is 20.4 Å². The number of hydrogen-bond donors (Lipinski definition) is 2. The van der Waals surface area contributed by atoms with Crippen LogP contribution < -0.4 is 10.6 Å². The Labute approximate surface area is 226 Å². The molecule has 0 saturated carbocycles. The van der Waals surface area contributed by atoms with Crippen LogP contribution in [0, 0.1) is 0 Å². The monoisotopic (exact) mass is 556 g/mol. The number of unbranched alkanes of at least 4 members (excludes halogenated alkanes) is 1. The van der Waals surface area contributed by atoms with E-state index in [1.54, 1.807) is 42.5 Å². The van der Waals surface area contributed by atoms with Gasteiger partial charge in [0.2, 0.25) is 5.91 Å². The molecule has 1 aliphatic heterocycles. The van der Waals surface area contributed by atoms with Gasteiger partial charge in [0.1, 0.15) is 0 Å². The molecule has 0 atom stereocenters. The Morgan fingerprint density at radius 3 is 2.40 bits per heavy atom. The SMILES string of the molecule is O=C(/C=C/c1ccc(Cl)c(Cl)c1)NCCCCN1CCCN(C(=O)Nc2cc(Cl)cc(Cl)c2)CC1.